The normalized spacial score (nSPS) is 11.2. The van der Waals surface area contributed by atoms with Crippen molar-refractivity contribution in [3.8, 4) is 84.9 Å². The first-order valence-electron chi connectivity index (χ1n) is 20.7. The van der Waals surface area contributed by atoms with Crippen LogP contribution in [0, 0.1) is 6.57 Å². The predicted molar refractivity (Wildman–Crippen MR) is 254 cm³/mol. The molecule has 7 nitrogen and oxygen atoms in total. The van der Waals surface area contributed by atoms with Crippen LogP contribution in [0.3, 0.4) is 0 Å². The number of fused-ring (bicyclic) bond motifs is 3. The van der Waals surface area contributed by atoms with Crippen LogP contribution in [0.25, 0.3) is 112 Å². The zero-order chi connectivity index (χ0) is 42.1. The topological polar surface area (TPSA) is 73.7 Å². The lowest BCUT2D eigenvalue weighted by molar-refractivity contribution is 1.07. The van der Waals surface area contributed by atoms with Crippen LogP contribution in [0.1, 0.15) is 0 Å². The monoisotopic (exact) mass is 805 g/mol. The van der Waals surface area contributed by atoms with Crippen LogP contribution in [0.5, 0.6) is 0 Å². The highest BCUT2D eigenvalue weighted by Gasteiger charge is 2.22. The second-order valence-corrected chi connectivity index (χ2v) is 15.2. The molecule has 0 aliphatic rings. The van der Waals surface area contributed by atoms with Crippen LogP contribution in [-0.2, 0) is 0 Å². The van der Waals surface area contributed by atoms with E-state index in [0.717, 1.165) is 83.4 Å². The molecule has 0 spiro atoms. The summed E-state index contributed by atoms with van der Waals surface area (Å²) in [6, 6.07) is 71.7. The van der Waals surface area contributed by atoms with Gasteiger partial charge in [0.05, 0.1) is 34.7 Å². The Morgan fingerprint density at radius 1 is 0.333 bits per heavy atom. The van der Waals surface area contributed by atoms with Crippen LogP contribution in [0.4, 0.5) is 5.69 Å². The zero-order valence-corrected chi connectivity index (χ0v) is 33.8. The van der Waals surface area contributed by atoms with Crippen molar-refractivity contribution in [1.82, 2.24) is 29.5 Å². The molecule has 0 fully saturated rings. The Kier molecular flexibility index (Phi) is 9.41. The lowest BCUT2D eigenvalue weighted by atomic mass is 10.0. The summed E-state index contributed by atoms with van der Waals surface area (Å²) in [7, 11) is 0. The van der Waals surface area contributed by atoms with E-state index in [0.29, 0.717) is 29.0 Å². The van der Waals surface area contributed by atoms with Crippen molar-refractivity contribution >= 4 is 27.5 Å². The molecule has 294 valence electrons. The standard InChI is InChI=1S/C56H35N7/c1-57-44-26-16-25-41(33-44)42-29-31-46-45-27-14-15-28-50(45)63(52(46)35-42)51-32-30-43(55-61-53(39-21-10-4-11-22-39)60-54(62-55)40-23-12-5-13-24-40)34-47(51)56-58-48(37-17-6-2-7-18-37)36-49(59-56)38-19-8-3-9-20-38/h2-36H. The van der Waals surface area contributed by atoms with Crippen LogP contribution in [-0.4, -0.2) is 29.5 Å². The molecule has 0 saturated heterocycles. The molecule has 3 aromatic heterocycles. The number of nitrogens with zero attached hydrogens (tertiary/aromatic N) is 7. The minimum absolute atomic E-state index is 0.530. The van der Waals surface area contributed by atoms with Gasteiger partial charge in [-0.05, 0) is 53.6 Å². The molecule has 0 amide bonds. The van der Waals surface area contributed by atoms with Crippen molar-refractivity contribution in [2.75, 3.05) is 0 Å². The van der Waals surface area contributed by atoms with Gasteiger partial charge in [-0.2, -0.15) is 0 Å². The van der Waals surface area contributed by atoms with Crippen molar-refractivity contribution < 1.29 is 0 Å². The molecule has 8 aromatic carbocycles. The van der Waals surface area contributed by atoms with Gasteiger partial charge in [-0.1, -0.05) is 170 Å². The molecule has 63 heavy (non-hydrogen) atoms. The van der Waals surface area contributed by atoms with E-state index in [1.54, 1.807) is 0 Å². The summed E-state index contributed by atoms with van der Waals surface area (Å²) in [6.45, 7) is 7.69. The summed E-state index contributed by atoms with van der Waals surface area (Å²) >= 11 is 0. The van der Waals surface area contributed by atoms with Crippen LogP contribution in [0.2, 0.25) is 0 Å². The Labute approximate surface area is 364 Å². The van der Waals surface area contributed by atoms with Gasteiger partial charge in [-0.25, -0.2) is 29.8 Å². The largest absolute Gasteiger partial charge is 0.308 e. The van der Waals surface area contributed by atoms with E-state index in [2.05, 4.69) is 106 Å². The molecule has 0 saturated carbocycles. The molecule has 0 bridgehead atoms. The summed E-state index contributed by atoms with van der Waals surface area (Å²) in [4.78, 5) is 29.7. The predicted octanol–water partition coefficient (Wildman–Crippen LogP) is 14.0. The lowest BCUT2D eigenvalue weighted by Gasteiger charge is -2.17. The highest BCUT2D eigenvalue weighted by atomic mass is 15.0. The Balaban J connectivity index is 1.21. The molecule has 0 atom stereocenters. The van der Waals surface area contributed by atoms with Gasteiger partial charge in [-0.15, -0.1) is 0 Å². The third-order valence-corrected chi connectivity index (χ3v) is 11.3. The molecule has 0 aliphatic carbocycles. The van der Waals surface area contributed by atoms with E-state index in [-0.39, 0.29) is 0 Å². The van der Waals surface area contributed by atoms with Crippen molar-refractivity contribution in [2.45, 2.75) is 0 Å². The van der Waals surface area contributed by atoms with Gasteiger partial charge in [0.25, 0.3) is 0 Å². The van der Waals surface area contributed by atoms with E-state index in [1.807, 2.05) is 115 Å². The van der Waals surface area contributed by atoms with Gasteiger partial charge in [0.15, 0.2) is 29.0 Å². The quantitative estimate of drug-likeness (QED) is 0.143. The molecule has 0 radical (unpaired) electrons. The SMILES string of the molecule is [C-]#[N+]c1cccc(-c2ccc3c4ccccc4n(-c4ccc(-c5nc(-c6ccccc6)nc(-c6ccccc6)n5)cc4-c4nc(-c5ccccc5)cc(-c5ccccc5)n4)c3c2)c1. The average Bonchev–Trinajstić information content (AvgIpc) is 3.70. The zero-order valence-electron chi connectivity index (χ0n) is 33.8. The van der Waals surface area contributed by atoms with E-state index in [4.69, 9.17) is 31.5 Å². The summed E-state index contributed by atoms with van der Waals surface area (Å²) in [5.41, 5.74) is 12.5. The number of rotatable bonds is 8. The smallest absolute Gasteiger partial charge is 0.187 e. The lowest BCUT2D eigenvalue weighted by Crippen LogP contribution is -2.04. The van der Waals surface area contributed by atoms with E-state index >= 15 is 0 Å². The Morgan fingerprint density at radius 3 is 1.43 bits per heavy atom. The van der Waals surface area contributed by atoms with Crippen molar-refractivity contribution in [2.24, 2.45) is 0 Å². The van der Waals surface area contributed by atoms with Gasteiger partial charge in [0.1, 0.15) is 0 Å². The first-order valence-corrected chi connectivity index (χ1v) is 20.7. The molecule has 11 aromatic rings. The minimum Gasteiger partial charge on any atom is -0.308 e. The maximum atomic E-state index is 7.69. The number of hydrogen-bond donors (Lipinski definition) is 0. The maximum absolute atomic E-state index is 7.69. The Hall–Kier alpha value is -8.86. The first-order chi connectivity index (χ1) is 31.2. The summed E-state index contributed by atoms with van der Waals surface area (Å²) < 4.78 is 2.31. The number of benzene rings is 8. The van der Waals surface area contributed by atoms with Crippen molar-refractivity contribution in [1.29, 1.82) is 0 Å². The molecular weight excluding hydrogens is 771 g/mol. The molecule has 0 aliphatic heterocycles. The third-order valence-electron chi connectivity index (χ3n) is 11.3. The fourth-order valence-corrected chi connectivity index (χ4v) is 8.23. The Bertz CT molecular complexity index is 3390. The van der Waals surface area contributed by atoms with Gasteiger partial charge in [0, 0.05) is 44.2 Å². The maximum Gasteiger partial charge on any atom is 0.187 e. The molecule has 11 rings (SSSR count). The minimum atomic E-state index is 0.530. The summed E-state index contributed by atoms with van der Waals surface area (Å²) in [5, 5.41) is 2.22. The Morgan fingerprint density at radius 2 is 0.825 bits per heavy atom. The molecule has 3 heterocycles. The van der Waals surface area contributed by atoms with E-state index < -0.39 is 0 Å². The second-order valence-electron chi connectivity index (χ2n) is 15.2. The van der Waals surface area contributed by atoms with Crippen LogP contribution in [0.15, 0.2) is 212 Å². The number of hydrogen-bond acceptors (Lipinski definition) is 5. The average molecular weight is 806 g/mol. The van der Waals surface area contributed by atoms with Crippen LogP contribution >= 0.6 is 0 Å². The van der Waals surface area contributed by atoms with E-state index in [9.17, 15) is 0 Å². The summed E-state index contributed by atoms with van der Waals surface area (Å²) in [6.07, 6.45) is 0. The van der Waals surface area contributed by atoms with E-state index in [1.165, 1.54) is 0 Å². The van der Waals surface area contributed by atoms with Crippen LogP contribution < -0.4 is 0 Å². The van der Waals surface area contributed by atoms with Gasteiger partial charge in [0.2, 0.25) is 0 Å². The highest BCUT2D eigenvalue weighted by Crippen LogP contribution is 2.40. The fourth-order valence-electron chi connectivity index (χ4n) is 8.23. The first kappa shape index (κ1) is 37.2. The molecule has 7 heteroatoms. The third kappa shape index (κ3) is 7.08. The van der Waals surface area contributed by atoms with Crippen molar-refractivity contribution in [3.63, 3.8) is 0 Å². The molecule has 0 unspecified atom stereocenters. The second kappa shape index (κ2) is 16.0. The molecule has 0 N–H and O–H groups in total. The number of aromatic nitrogens is 6. The fraction of sp³-hybridized carbons (Fsp3) is 0. The van der Waals surface area contributed by atoms with Gasteiger partial charge < -0.3 is 4.57 Å². The molecular formula is C56H35N7. The number of para-hydroxylation sites is 1. The van der Waals surface area contributed by atoms with Crippen molar-refractivity contribution in [3.05, 3.63) is 224 Å². The summed E-state index contributed by atoms with van der Waals surface area (Å²) in [5.74, 6) is 2.24. The van der Waals surface area contributed by atoms with Gasteiger partial charge >= 0.3 is 0 Å². The highest BCUT2D eigenvalue weighted by molar-refractivity contribution is 6.10. The van der Waals surface area contributed by atoms with Gasteiger partial charge in [-0.3, -0.25) is 0 Å².